The van der Waals surface area contributed by atoms with Crippen LogP contribution in [0.1, 0.15) is 48.2 Å². The van der Waals surface area contributed by atoms with Crippen LogP contribution >= 0.6 is 0 Å². The third kappa shape index (κ3) is 5.47. The standard InChI is InChI=1S/C23H31N3O3S/c1-3-25(4-2)18-20-9-7-19(8-10-20)17-24-23(27)21-11-13-22(14-12-21)30(28,29)26-15-5-6-16-26/h7-14H,3-6,15-18H2,1-2H3,(H,24,27)/p+1. The number of benzene rings is 2. The van der Waals surface area contributed by atoms with E-state index in [-0.39, 0.29) is 10.8 Å². The van der Waals surface area contributed by atoms with E-state index in [0.29, 0.717) is 25.2 Å². The van der Waals surface area contributed by atoms with Gasteiger partial charge < -0.3 is 10.2 Å². The fourth-order valence-electron chi connectivity index (χ4n) is 3.70. The van der Waals surface area contributed by atoms with Crippen LogP contribution in [0, 0.1) is 0 Å². The van der Waals surface area contributed by atoms with E-state index in [2.05, 4.69) is 31.3 Å². The number of hydrogen-bond donors (Lipinski definition) is 2. The summed E-state index contributed by atoms with van der Waals surface area (Å²) in [6.45, 7) is 9.17. The zero-order chi connectivity index (χ0) is 21.6. The van der Waals surface area contributed by atoms with Gasteiger partial charge >= 0.3 is 0 Å². The monoisotopic (exact) mass is 430 g/mol. The highest BCUT2D eigenvalue weighted by Crippen LogP contribution is 2.21. The molecule has 0 aliphatic carbocycles. The highest BCUT2D eigenvalue weighted by atomic mass is 32.2. The maximum Gasteiger partial charge on any atom is 0.251 e. The van der Waals surface area contributed by atoms with Crippen LogP contribution in [-0.4, -0.2) is 44.8 Å². The van der Waals surface area contributed by atoms with Gasteiger partial charge in [-0.05, 0) is 56.5 Å². The predicted molar refractivity (Wildman–Crippen MR) is 118 cm³/mol. The summed E-state index contributed by atoms with van der Waals surface area (Å²) in [5, 5.41) is 2.91. The Hall–Kier alpha value is -2.22. The van der Waals surface area contributed by atoms with Crippen molar-refractivity contribution in [1.82, 2.24) is 9.62 Å². The minimum absolute atomic E-state index is 0.211. The number of carbonyl (C=O) groups is 1. The quantitative estimate of drug-likeness (QED) is 0.638. The Kier molecular flexibility index (Phi) is 7.64. The maximum absolute atomic E-state index is 12.6. The zero-order valence-electron chi connectivity index (χ0n) is 17.9. The molecule has 0 bridgehead atoms. The molecule has 0 spiro atoms. The second kappa shape index (κ2) is 10.2. The smallest absolute Gasteiger partial charge is 0.251 e. The molecule has 0 atom stereocenters. The lowest BCUT2D eigenvalue weighted by Crippen LogP contribution is -3.10. The Bertz CT molecular complexity index is 931. The summed E-state index contributed by atoms with van der Waals surface area (Å²) in [5.41, 5.74) is 2.78. The number of hydrogen-bond acceptors (Lipinski definition) is 3. The topological polar surface area (TPSA) is 70.9 Å². The van der Waals surface area contributed by atoms with Crippen LogP contribution in [0.3, 0.4) is 0 Å². The van der Waals surface area contributed by atoms with Gasteiger partial charge in [-0.2, -0.15) is 4.31 Å². The van der Waals surface area contributed by atoms with Crippen LogP contribution in [0.15, 0.2) is 53.4 Å². The average molecular weight is 431 g/mol. The molecular formula is C23H32N3O3S+. The molecule has 1 heterocycles. The molecule has 0 radical (unpaired) electrons. The van der Waals surface area contributed by atoms with E-state index in [0.717, 1.165) is 38.0 Å². The fourth-order valence-corrected chi connectivity index (χ4v) is 5.22. The van der Waals surface area contributed by atoms with Crippen LogP contribution in [0.2, 0.25) is 0 Å². The Morgan fingerprint density at radius 1 is 0.933 bits per heavy atom. The van der Waals surface area contributed by atoms with Crippen LogP contribution in [-0.2, 0) is 23.1 Å². The molecule has 1 aliphatic rings. The molecule has 0 unspecified atom stereocenters. The first-order valence-electron chi connectivity index (χ1n) is 10.7. The molecule has 162 valence electrons. The minimum Gasteiger partial charge on any atom is -0.348 e. The lowest BCUT2D eigenvalue weighted by atomic mass is 10.1. The molecule has 1 aliphatic heterocycles. The lowest BCUT2D eigenvalue weighted by Gasteiger charge is -2.16. The molecule has 3 rings (SSSR count). The average Bonchev–Trinajstić information content (AvgIpc) is 3.32. The molecule has 30 heavy (non-hydrogen) atoms. The first kappa shape index (κ1) is 22.5. The van der Waals surface area contributed by atoms with E-state index in [1.54, 1.807) is 12.1 Å². The van der Waals surface area contributed by atoms with Gasteiger partial charge in [0.15, 0.2) is 0 Å². The largest absolute Gasteiger partial charge is 0.348 e. The van der Waals surface area contributed by atoms with Crippen LogP contribution in [0.5, 0.6) is 0 Å². The Labute approximate surface area is 179 Å². The highest BCUT2D eigenvalue weighted by molar-refractivity contribution is 7.89. The molecule has 1 fully saturated rings. The number of nitrogens with zero attached hydrogens (tertiary/aromatic N) is 1. The minimum atomic E-state index is -3.45. The number of quaternary nitrogens is 1. The van der Waals surface area contributed by atoms with Crippen molar-refractivity contribution in [2.45, 2.75) is 44.7 Å². The van der Waals surface area contributed by atoms with E-state index < -0.39 is 10.0 Å². The van der Waals surface area contributed by atoms with Crippen molar-refractivity contribution >= 4 is 15.9 Å². The fraction of sp³-hybridized carbons (Fsp3) is 0.435. The van der Waals surface area contributed by atoms with Gasteiger partial charge in [-0.25, -0.2) is 8.42 Å². The first-order valence-corrected chi connectivity index (χ1v) is 12.2. The van der Waals surface area contributed by atoms with Crippen molar-refractivity contribution in [2.75, 3.05) is 26.2 Å². The molecule has 2 N–H and O–H groups in total. The van der Waals surface area contributed by atoms with Gasteiger partial charge in [-0.3, -0.25) is 4.79 Å². The third-order valence-corrected chi connectivity index (χ3v) is 7.66. The molecule has 6 nitrogen and oxygen atoms in total. The zero-order valence-corrected chi connectivity index (χ0v) is 18.7. The van der Waals surface area contributed by atoms with Crippen molar-refractivity contribution < 1.29 is 18.1 Å². The Morgan fingerprint density at radius 3 is 2.07 bits per heavy atom. The van der Waals surface area contributed by atoms with Gasteiger partial charge in [-0.1, -0.05) is 24.3 Å². The van der Waals surface area contributed by atoms with E-state index in [1.807, 2.05) is 12.1 Å². The first-order chi connectivity index (χ1) is 14.4. The second-order valence-corrected chi connectivity index (χ2v) is 9.71. The van der Waals surface area contributed by atoms with Gasteiger partial charge in [0.2, 0.25) is 10.0 Å². The summed E-state index contributed by atoms with van der Waals surface area (Å²) in [6, 6.07) is 14.5. The van der Waals surface area contributed by atoms with Crippen LogP contribution in [0.4, 0.5) is 0 Å². The molecule has 1 amide bonds. The SMILES string of the molecule is CC[NH+](CC)Cc1ccc(CNC(=O)c2ccc(S(=O)(=O)N3CCCC3)cc2)cc1. The molecule has 0 aromatic heterocycles. The third-order valence-electron chi connectivity index (χ3n) is 5.75. The van der Waals surface area contributed by atoms with Crippen molar-refractivity contribution in [3.05, 3.63) is 65.2 Å². The van der Waals surface area contributed by atoms with Gasteiger partial charge in [0.1, 0.15) is 6.54 Å². The number of nitrogens with one attached hydrogen (secondary N) is 2. The Balaban J connectivity index is 1.56. The number of amides is 1. The van der Waals surface area contributed by atoms with Gasteiger partial charge in [0.25, 0.3) is 5.91 Å². The summed E-state index contributed by atoms with van der Waals surface area (Å²) in [6.07, 6.45) is 1.80. The van der Waals surface area contributed by atoms with Crippen molar-refractivity contribution in [3.63, 3.8) is 0 Å². The highest BCUT2D eigenvalue weighted by Gasteiger charge is 2.27. The summed E-state index contributed by atoms with van der Waals surface area (Å²) in [4.78, 5) is 14.2. The van der Waals surface area contributed by atoms with Crippen LogP contribution < -0.4 is 10.2 Å². The summed E-state index contributed by atoms with van der Waals surface area (Å²) in [7, 11) is -3.45. The number of carbonyl (C=O) groups excluding carboxylic acids is 1. The van der Waals surface area contributed by atoms with Crippen LogP contribution in [0.25, 0.3) is 0 Å². The van der Waals surface area contributed by atoms with Crippen molar-refractivity contribution in [2.24, 2.45) is 0 Å². The van der Waals surface area contributed by atoms with Gasteiger partial charge in [0, 0.05) is 30.8 Å². The molecular weight excluding hydrogens is 398 g/mol. The predicted octanol–water partition coefficient (Wildman–Crippen LogP) is 1.83. The molecule has 7 heteroatoms. The van der Waals surface area contributed by atoms with Gasteiger partial charge in [0.05, 0.1) is 18.0 Å². The Morgan fingerprint density at radius 2 is 1.50 bits per heavy atom. The van der Waals surface area contributed by atoms with Crippen molar-refractivity contribution in [1.29, 1.82) is 0 Å². The second-order valence-electron chi connectivity index (χ2n) is 7.77. The lowest BCUT2D eigenvalue weighted by molar-refractivity contribution is -0.910. The molecule has 2 aromatic rings. The van der Waals surface area contributed by atoms with Gasteiger partial charge in [-0.15, -0.1) is 0 Å². The maximum atomic E-state index is 12.6. The van der Waals surface area contributed by atoms with E-state index in [9.17, 15) is 13.2 Å². The molecule has 1 saturated heterocycles. The van der Waals surface area contributed by atoms with E-state index >= 15 is 0 Å². The number of sulfonamides is 1. The summed E-state index contributed by atoms with van der Waals surface area (Å²) < 4.78 is 26.7. The van der Waals surface area contributed by atoms with Crippen molar-refractivity contribution in [3.8, 4) is 0 Å². The summed E-state index contributed by atoms with van der Waals surface area (Å²) >= 11 is 0. The summed E-state index contributed by atoms with van der Waals surface area (Å²) in [5.74, 6) is -0.211. The molecule has 0 saturated carbocycles. The molecule has 2 aromatic carbocycles. The normalized spacial score (nSPS) is 14.9. The van der Waals surface area contributed by atoms with E-state index in [4.69, 9.17) is 0 Å². The van der Waals surface area contributed by atoms with E-state index in [1.165, 1.54) is 26.9 Å². The number of rotatable bonds is 9.